The van der Waals surface area contributed by atoms with Gasteiger partial charge in [-0.2, -0.15) is 0 Å². The second kappa shape index (κ2) is 6.74. The summed E-state index contributed by atoms with van der Waals surface area (Å²) in [6.45, 7) is 2.22. The van der Waals surface area contributed by atoms with Crippen molar-refractivity contribution in [3.8, 4) is 0 Å². The molecule has 2 heterocycles. The molecule has 1 aromatic rings. The van der Waals surface area contributed by atoms with Crippen molar-refractivity contribution in [1.29, 1.82) is 0 Å². The average Bonchev–Trinajstić information content (AvgIpc) is 2.78. The summed E-state index contributed by atoms with van der Waals surface area (Å²) in [5.74, 6) is -1.85. The third kappa shape index (κ3) is 2.89. The lowest BCUT2D eigenvalue weighted by Crippen LogP contribution is -2.34. The maximum absolute atomic E-state index is 12.7. The van der Waals surface area contributed by atoms with Crippen LogP contribution in [0.3, 0.4) is 0 Å². The molecule has 22 heavy (non-hydrogen) atoms. The van der Waals surface area contributed by atoms with Crippen molar-refractivity contribution < 1.29 is 19.5 Å². The molecule has 1 amide bonds. The van der Waals surface area contributed by atoms with Gasteiger partial charge in [-0.3, -0.25) is 19.4 Å². The molecule has 0 unspecified atom stereocenters. The molecule has 0 bridgehead atoms. The van der Waals surface area contributed by atoms with Gasteiger partial charge in [-0.15, -0.1) is 11.8 Å². The molecule has 0 saturated carbocycles. The second-order valence-corrected chi connectivity index (χ2v) is 5.63. The van der Waals surface area contributed by atoms with Gasteiger partial charge >= 0.3 is 5.97 Å². The Morgan fingerprint density at radius 1 is 1.45 bits per heavy atom. The Morgan fingerprint density at radius 2 is 2.18 bits per heavy atom. The van der Waals surface area contributed by atoms with Crippen LogP contribution in [-0.4, -0.2) is 50.8 Å². The molecule has 0 radical (unpaired) electrons. The smallest absolute Gasteiger partial charge is 0.308 e. The van der Waals surface area contributed by atoms with Crippen molar-refractivity contribution in [1.82, 2.24) is 9.88 Å². The number of carboxylic acids is 1. The summed E-state index contributed by atoms with van der Waals surface area (Å²) >= 11 is 1.34. The van der Waals surface area contributed by atoms with E-state index in [-0.39, 0.29) is 22.8 Å². The first-order valence-corrected chi connectivity index (χ1v) is 8.03. The highest BCUT2D eigenvalue weighted by Crippen LogP contribution is 2.35. The molecule has 0 aliphatic carbocycles. The molecule has 6 nitrogen and oxygen atoms in total. The number of hydrogen-bond acceptors (Lipinski definition) is 5. The van der Waals surface area contributed by atoms with E-state index in [1.807, 2.05) is 0 Å². The Balaban J connectivity index is 2.53. The average molecular weight is 320 g/mol. The van der Waals surface area contributed by atoms with Gasteiger partial charge in [0.15, 0.2) is 5.78 Å². The van der Waals surface area contributed by atoms with Gasteiger partial charge in [0.1, 0.15) is 5.37 Å². The molecule has 1 N–H and O–H groups in total. The zero-order valence-corrected chi connectivity index (χ0v) is 13.1. The quantitative estimate of drug-likeness (QED) is 0.801. The largest absolute Gasteiger partial charge is 0.481 e. The maximum atomic E-state index is 12.7. The number of pyridine rings is 1. The molecule has 0 spiro atoms. The van der Waals surface area contributed by atoms with E-state index in [2.05, 4.69) is 4.98 Å². The summed E-state index contributed by atoms with van der Waals surface area (Å²) in [4.78, 5) is 41.6. The Bertz CT molecular complexity index is 642. The van der Waals surface area contributed by atoms with Crippen LogP contribution in [0.15, 0.2) is 35.7 Å². The van der Waals surface area contributed by atoms with Gasteiger partial charge in [-0.05, 0) is 25.3 Å². The predicted molar refractivity (Wildman–Crippen MR) is 82.5 cm³/mol. The minimum atomic E-state index is -1.13. The molecule has 1 aliphatic heterocycles. The van der Waals surface area contributed by atoms with E-state index in [9.17, 15) is 14.4 Å². The van der Waals surface area contributed by atoms with Gasteiger partial charge in [-0.25, -0.2) is 0 Å². The highest BCUT2D eigenvalue weighted by Gasteiger charge is 2.41. The Labute approximate surface area is 132 Å². The summed E-state index contributed by atoms with van der Waals surface area (Å²) in [7, 11) is 0. The first-order chi connectivity index (χ1) is 10.5. The number of likely N-dealkylation sites (N-methyl/N-ethyl adjacent to an activating group) is 1. The summed E-state index contributed by atoms with van der Waals surface area (Å²) < 4.78 is 0. The molecule has 7 heteroatoms. The predicted octanol–water partition coefficient (Wildman–Crippen LogP) is 1.59. The van der Waals surface area contributed by atoms with Crippen molar-refractivity contribution in [2.24, 2.45) is 0 Å². The Hall–Kier alpha value is -2.15. The van der Waals surface area contributed by atoms with Crippen LogP contribution >= 0.6 is 11.8 Å². The lowest BCUT2D eigenvalue weighted by atomic mass is 9.99. The molecule has 1 atom stereocenters. The fraction of sp³-hybridized carbons (Fsp3) is 0.333. The van der Waals surface area contributed by atoms with Crippen LogP contribution in [0, 0.1) is 0 Å². The molecular formula is C15H16N2O4S. The van der Waals surface area contributed by atoms with Crippen LogP contribution in [0.1, 0.15) is 23.7 Å². The number of aliphatic carboxylic acids is 1. The number of carbonyl (C=O) groups excluding carboxylic acids is 2. The number of ketones is 1. The van der Waals surface area contributed by atoms with Crippen molar-refractivity contribution >= 4 is 29.4 Å². The topological polar surface area (TPSA) is 87.6 Å². The van der Waals surface area contributed by atoms with Crippen LogP contribution in [0.25, 0.3) is 0 Å². The zero-order valence-electron chi connectivity index (χ0n) is 12.3. The summed E-state index contributed by atoms with van der Waals surface area (Å²) in [6, 6.07) is 3.24. The van der Waals surface area contributed by atoms with E-state index in [4.69, 9.17) is 5.11 Å². The molecule has 2 rings (SSSR count). The molecule has 0 aromatic carbocycles. The number of Topliss-reactive ketones (excluding diaryl/α,β-unsaturated/α-hetero) is 1. The van der Waals surface area contributed by atoms with E-state index in [0.29, 0.717) is 12.1 Å². The van der Waals surface area contributed by atoms with Crippen molar-refractivity contribution in [2.75, 3.05) is 12.8 Å². The number of carboxylic acid groups (broad SMARTS) is 1. The summed E-state index contributed by atoms with van der Waals surface area (Å²) in [6.07, 6.45) is 4.31. The number of aromatic nitrogens is 1. The zero-order chi connectivity index (χ0) is 16.3. The third-order valence-corrected chi connectivity index (χ3v) is 4.37. The number of hydrogen-bond donors (Lipinski definition) is 1. The highest BCUT2D eigenvalue weighted by molar-refractivity contribution is 7.99. The molecule has 1 aliphatic rings. The van der Waals surface area contributed by atoms with Gasteiger partial charge < -0.3 is 10.0 Å². The minimum Gasteiger partial charge on any atom is -0.481 e. The normalized spacial score (nSPS) is 18.0. The number of rotatable bonds is 6. The first-order valence-electron chi connectivity index (χ1n) is 6.74. The molecule has 116 valence electrons. The Morgan fingerprint density at radius 3 is 2.68 bits per heavy atom. The molecule has 0 saturated heterocycles. The van der Waals surface area contributed by atoms with E-state index in [0.717, 1.165) is 0 Å². The lowest BCUT2D eigenvalue weighted by molar-refractivity contribution is -0.137. The van der Waals surface area contributed by atoms with E-state index < -0.39 is 17.8 Å². The summed E-state index contributed by atoms with van der Waals surface area (Å²) in [5, 5.41) is 8.59. The monoisotopic (exact) mass is 320 g/mol. The number of amides is 1. The Kier molecular flexibility index (Phi) is 4.97. The molecular weight excluding hydrogens is 304 g/mol. The fourth-order valence-corrected chi connectivity index (χ4v) is 3.46. The summed E-state index contributed by atoms with van der Waals surface area (Å²) in [5.41, 5.74) is 0.683. The SMILES string of the molecule is CCN1C(=O)C(CC(=O)O)=C(C(=O)c2cccnc2)[C@H]1SC. The molecule has 0 fully saturated rings. The number of thioether (sulfide) groups is 1. The van der Waals surface area contributed by atoms with Crippen LogP contribution in [0.4, 0.5) is 0 Å². The lowest BCUT2D eigenvalue weighted by Gasteiger charge is -2.23. The van der Waals surface area contributed by atoms with Gasteiger partial charge in [0.25, 0.3) is 5.91 Å². The molecule has 1 aromatic heterocycles. The van der Waals surface area contributed by atoms with Gasteiger partial charge in [0.2, 0.25) is 0 Å². The van der Waals surface area contributed by atoms with Crippen molar-refractivity contribution in [2.45, 2.75) is 18.7 Å². The van der Waals surface area contributed by atoms with E-state index >= 15 is 0 Å². The van der Waals surface area contributed by atoms with Crippen molar-refractivity contribution in [3.63, 3.8) is 0 Å². The van der Waals surface area contributed by atoms with Gasteiger partial charge in [0, 0.05) is 35.6 Å². The van der Waals surface area contributed by atoms with Crippen LogP contribution in [-0.2, 0) is 9.59 Å². The van der Waals surface area contributed by atoms with E-state index in [1.165, 1.54) is 22.9 Å². The van der Waals surface area contributed by atoms with Gasteiger partial charge in [-0.1, -0.05) is 0 Å². The number of carbonyl (C=O) groups is 3. The van der Waals surface area contributed by atoms with Crippen LogP contribution in [0.2, 0.25) is 0 Å². The van der Waals surface area contributed by atoms with Crippen LogP contribution in [0.5, 0.6) is 0 Å². The maximum Gasteiger partial charge on any atom is 0.308 e. The van der Waals surface area contributed by atoms with Crippen LogP contribution < -0.4 is 0 Å². The van der Waals surface area contributed by atoms with E-state index in [1.54, 1.807) is 31.5 Å². The minimum absolute atomic E-state index is 0.0718. The fourth-order valence-electron chi connectivity index (χ4n) is 2.48. The first kappa shape index (κ1) is 16.2. The standard InChI is InChI=1S/C15H16N2O4S/c1-3-17-14(21)10(7-11(18)19)12(15(17)22-2)13(20)9-5-4-6-16-8-9/h4-6,8,15H,3,7H2,1-2H3,(H,18,19)/t15-/m1/s1. The van der Waals surface area contributed by atoms with Gasteiger partial charge in [0.05, 0.1) is 6.42 Å². The third-order valence-electron chi connectivity index (χ3n) is 3.43. The second-order valence-electron chi connectivity index (χ2n) is 4.71. The number of nitrogens with zero attached hydrogens (tertiary/aromatic N) is 2. The van der Waals surface area contributed by atoms with Crippen molar-refractivity contribution in [3.05, 3.63) is 41.2 Å². The highest BCUT2D eigenvalue weighted by atomic mass is 32.2.